The molecule has 2 rings (SSSR count). The first kappa shape index (κ1) is 13.0. The second kappa shape index (κ2) is 4.65. The van der Waals surface area contributed by atoms with E-state index in [9.17, 15) is 13.2 Å². The van der Waals surface area contributed by atoms with Crippen LogP contribution in [-0.2, 0) is 19.6 Å². The summed E-state index contributed by atoms with van der Waals surface area (Å²) in [6, 6.07) is 5.80. The van der Waals surface area contributed by atoms with Gasteiger partial charge in [0.15, 0.2) is 0 Å². The molecule has 0 saturated carbocycles. The fourth-order valence-electron chi connectivity index (χ4n) is 2.06. The van der Waals surface area contributed by atoms with Gasteiger partial charge >= 0.3 is 6.18 Å². The van der Waals surface area contributed by atoms with E-state index in [1.165, 1.54) is 12.1 Å². The van der Waals surface area contributed by atoms with Gasteiger partial charge < -0.3 is 9.88 Å². The quantitative estimate of drug-likeness (QED) is 0.893. The molecule has 0 saturated heterocycles. The fraction of sp³-hybridized carbons (Fsp3) is 0.385. The third kappa shape index (κ3) is 2.36. The topological polar surface area (TPSA) is 17.0 Å². The number of halogens is 3. The van der Waals surface area contributed by atoms with Crippen LogP contribution in [-0.4, -0.2) is 18.2 Å². The molecule has 18 heavy (non-hydrogen) atoms. The molecule has 2 nitrogen and oxygen atoms in total. The third-order valence-corrected chi connectivity index (χ3v) is 3.10. The number of nitrogens with one attached hydrogen (secondary N) is 1. The average molecular weight is 256 g/mol. The number of likely N-dealkylation sites (N-methyl/N-ethyl adjacent to an activating group) is 1. The number of rotatable bonds is 3. The highest BCUT2D eigenvalue weighted by molar-refractivity contribution is 5.82. The Morgan fingerprint density at radius 2 is 1.94 bits per heavy atom. The van der Waals surface area contributed by atoms with E-state index in [2.05, 4.69) is 5.32 Å². The molecule has 0 aliphatic carbocycles. The van der Waals surface area contributed by atoms with Crippen molar-refractivity contribution in [3.63, 3.8) is 0 Å². The molecule has 1 heterocycles. The molecule has 0 unspecified atom stereocenters. The number of benzene rings is 1. The van der Waals surface area contributed by atoms with Gasteiger partial charge in [0.2, 0.25) is 0 Å². The Morgan fingerprint density at radius 1 is 1.22 bits per heavy atom. The summed E-state index contributed by atoms with van der Waals surface area (Å²) in [6.07, 6.45) is -3.49. The standard InChI is InChI=1S/C13H15F3N2/c1-17-6-5-11-7-9-3-4-10(13(14,15)16)8-12(9)18(11)2/h3-4,7-8,17H,5-6H2,1-2H3. The molecule has 1 aromatic carbocycles. The summed E-state index contributed by atoms with van der Waals surface area (Å²) in [5.41, 5.74) is 1.05. The Balaban J connectivity index is 2.47. The largest absolute Gasteiger partial charge is 0.416 e. The molecule has 0 amide bonds. The molecule has 98 valence electrons. The van der Waals surface area contributed by atoms with Gasteiger partial charge in [-0.25, -0.2) is 0 Å². The van der Waals surface area contributed by atoms with Crippen molar-refractivity contribution in [2.24, 2.45) is 7.05 Å². The zero-order valence-corrected chi connectivity index (χ0v) is 10.3. The highest BCUT2D eigenvalue weighted by Crippen LogP contribution is 2.32. The molecule has 0 aliphatic rings. The van der Waals surface area contributed by atoms with Gasteiger partial charge in [-0.3, -0.25) is 0 Å². The van der Waals surface area contributed by atoms with E-state index in [4.69, 9.17) is 0 Å². The van der Waals surface area contributed by atoms with Gasteiger partial charge in [-0.2, -0.15) is 13.2 Å². The molecule has 1 aromatic heterocycles. The molecule has 0 radical (unpaired) electrons. The Morgan fingerprint density at radius 3 is 2.56 bits per heavy atom. The van der Waals surface area contributed by atoms with Crippen LogP contribution in [0.4, 0.5) is 13.2 Å². The average Bonchev–Trinajstić information content (AvgIpc) is 2.62. The summed E-state index contributed by atoms with van der Waals surface area (Å²) in [6.45, 7) is 0.802. The summed E-state index contributed by atoms with van der Waals surface area (Å²) < 4.78 is 39.7. The number of aryl methyl sites for hydroxylation is 1. The molecule has 1 N–H and O–H groups in total. The lowest BCUT2D eigenvalue weighted by molar-refractivity contribution is -0.137. The minimum Gasteiger partial charge on any atom is -0.348 e. The summed E-state index contributed by atoms with van der Waals surface area (Å²) in [7, 11) is 3.65. The van der Waals surface area contributed by atoms with Crippen molar-refractivity contribution in [2.45, 2.75) is 12.6 Å². The monoisotopic (exact) mass is 256 g/mol. The molecule has 0 atom stereocenters. The maximum Gasteiger partial charge on any atom is 0.416 e. The van der Waals surface area contributed by atoms with Crippen molar-refractivity contribution in [3.8, 4) is 0 Å². The molecular formula is C13H15F3N2. The van der Waals surface area contributed by atoms with E-state index < -0.39 is 11.7 Å². The van der Waals surface area contributed by atoms with E-state index >= 15 is 0 Å². The van der Waals surface area contributed by atoms with Gasteiger partial charge in [-0.1, -0.05) is 6.07 Å². The first-order chi connectivity index (χ1) is 8.43. The molecular weight excluding hydrogens is 241 g/mol. The van der Waals surface area contributed by atoms with Crippen LogP contribution in [0.5, 0.6) is 0 Å². The Labute approximate surface area is 103 Å². The number of nitrogens with zero attached hydrogens (tertiary/aromatic N) is 1. The first-order valence-corrected chi connectivity index (χ1v) is 5.73. The van der Waals surface area contributed by atoms with Gasteiger partial charge in [0.25, 0.3) is 0 Å². The molecule has 0 bridgehead atoms. The summed E-state index contributed by atoms with van der Waals surface area (Å²) in [5, 5.41) is 3.87. The van der Waals surface area contributed by atoms with E-state index in [1.54, 1.807) is 7.05 Å². The van der Waals surface area contributed by atoms with Crippen LogP contribution in [0.15, 0.2) is 24.3 Å². The van der Waals surface area contributed by atoms with Crippen LogP contribution < -0.4 is 5.32 Å². The SMILES string of the molecule is CNCCc1cc2ccc(C(F)(F)F)cc2n1C. The molecule has 5 heteroatoms. The van der Waals surface area contributed by atoms with Crippen LogP contribution >= 0.6 is 0 Å². The molecule has 0 aliphatic heterocycles. The van der Waals surface area contributed by atoms with Crippen LogP contribution in [0.3, 0.4) is 0 Å². The molecule has 2 aromatic rings. The van der Waals surface area contributed by atoms with Crippen molar-refractivity contribution in [3.05, 3.63) is 35.5 Å². The van der Waals surface area contributed by atoms with Crippen LogP contribution in [0.25, 0.3) is 10.9 Å². The second-order valence-corrected chi connectivity index (χ2v) is 4.32. The molecule has 0 fully saturated rings. The zero-order chi connectivity index (χ0) is 13.3. The maximum atomic E-state index is 12.6. The predicted molar refractivity (Wildman–Crippen MR) is 65.6 cm³/mol. The lowest BCUT2D eigenvalue weighted by Crippen LogP contribution is -2.12. The Hall–Kier alpha value is -1.49. The number of fused-ring (bicyclic) bond motifs is 1. The number of hydrogen-bond acceptors (Lipinski definition) is 1. The minimum absolute atomic E-state index is 0.601. The first-order valence-electron chi connectivity index (χ1n) is 5.73. The third-order valence-electron chi connectivity index (χ3n) is 3.10. The van der Waals surface area contributed by atoms with E-state index in [0.29, 0.717) is 5.52 Å². The Kier molecular flexibility index (Phi) is 3.34. The highest BCUT2D eigenvalue weighted by Gasteiger charge is 2.30. The zero-order valence-electron chi connectivity index (χ0n) is 10.3. The van der Waals surface area contributed by atoms with Crippen LogP contribution in [0, 0.1) is 0 Å². The maximum absolute atomic E-state index is 12.6. The van der Waals surface area contributed by atoms with Crippen LogP contribution in [0.2, 0.25) is 0 Å². The molecule has 0 spiro atoms. The predicted octanol–water partition coefficient (Wildman–Crippen LogP) is 2.96. The van der Waals surface area contributed by atoms with Gasteiger partial charge in [0, 0.05) is 31.2 Å². The van der Waals surface area contributed by atoms with Crippen molar-refractivity contribution >= 4 is 10.9 Å². The van der Waals surface area contributed by atoms with E-state index in [0.717, 1.165) is 30.1 Å². The summed E-state index contributed by atoms with van der Waals surface area (Å²) in [5.74, 6) is 0. The van der Waals surface area contributed by atoms with Crippen molar-refractivity contribution in [1.82, 2.24) is 9.88 Å². The smallest absolute Gasteiger partial charge is 0.348 e. The van der Waals surface area contributed by atoms with Crippen LogP contribution in [0.1, 0.15) is 11.3 Å². The van der Waals surface area contributed by atoms with Gasteiger partial charge in [-0.05, 0) is 30.6 Å². The minimum atomic E-state index is -4.29. The van der Waals surface area contributed by atoms with E-state index in [-0.39, 0.29) is 0 Å². The van der Waals surface area contributed by atoms with Crippen molar-refractivity contribution in [1.29, 1.82) is 0 Å². The lowest BCUT2D eigenvalue weighted by atomic mass is 10.1. The fourth-order valence-corrected chi connectivity index (χ4v) is 2.06. The van der Waals surface area contributed by atoms with E-state index in [1.807, 2.05) is 17.7 Å². The normalized spacial score (nSPS) is 12.3. The van der Waals surface area contributed by atoms with Gasteiger partial charge in [-0.15, -0.1) is 0 Å². The number of alkyl halides is 3. The van der Waals surface area contributed by atoms with Gasteiger partial charge in [0.05, 0.1) is 5.56 Å². The van der Waals surface area contributed by atoms with Gasteiger partial charge in [0.1, 0.15) is 0 Å². The van der Waals surface area contributed by atoms with Crippen molar-refractivity contribution < 1.29 is 13.2 Å². The highest BCUT2D eigenvalue weighted by atomic mass is 19.4. The van der Waals surface area contributed by atoms with Crippen molar-refractivity contribution in [2.75, 3.05) is 13.6 Å². The number of hydrogen-bond donors (Lipinski definition) is 1. The Bertz CT molecular complexity index is 555. The summed E-state index contributed by atoms with van der Waals surface area (Å²) >= 11 is 0. The summed E-state index contributed by atoms with van der Waals surface area (Å²) in [4.78, 5) is 0. The number of aromatic nitrogens is 1. The second-order valence-electron chi connectivity index (χ2n) is 4.32. The lowest BCUT2D eigenvalue weighted by Gasteiger charge is -2.08.